The fraction of sp³-hybridized carbons (Fsp3) is 0.917. The minimum absolute atomic E-state index is 0.0912. The third-order valence-electron chi connectivity index (χ3n) is 2.97. The summed E-state index contributed by atoms with van der Waals surface area (Å²) in [5.41, 5.74) is 0. The molecular formula is C12H26N2O2. The Labute approximate surface area is 99.0 Å². The van der Waals surface area contributed by atoms with Crippen molar-refractivity contribution in [3.63, 3.8) is 0 Å². The second-order valence-corrected chi connectivity index (χ2v) is 4.01. The third-order valence-corrected chi connectivity index (χ3v) is 2.97. The lowest BCUT2D eigenvalue weighted by atomic mass is 10.1. The summed E-state index contributed by atoms with van der Waals surface area (Å²) in [5, 5.41) is 11.6. The summed E-state index contributed by atoms with van der Waals surface area (Å²) >= 11 is 0. The summed E-state index contributed by atoms with van der Waals surface area (Å²) in [6.07, 6.45) is 3.61. The van der Waals surface area contributed by atoms with Crippen LogP contribution in [0.1, 0.15) is 39.5 Å². The van der Waals surface area contributed by atoms with Crippen molar-refractivity contribution in [1.29, 1.82) is 0 Å². The second kappa shape index (κ2) is 9.60. The number of hydrogen-bond donors (Lipinski definition) is 2. The average Bonchev–Trinajstić information content (AvgIpc) is 2.30. The van der Waals surface area contributed by atoms with Crippen LogP contribution in [0.15, 0.2) is 0 Å². The van der Waals surface area contributed by atoms with Crippen molar-refractivity contribution < 1.29 is 9.90 Å². The number of hydrogen-bond acceptors (Lipinski definition) is 3. The molecule has 2 N–H and O–H groups in total. The largest absolute Gasteiger partial charge is 0.395 e. The molecule has 0 aromatic carbocycles. The summed E-state index contributed by atoms with van der Waals surface area (Å²) in [6, 6.07) is 0.525. The van der Waals surface area contributed by atoms with Crippen molar-refractivity contribution >= 4 is 5.91 Å². The van der Waals surface area contributed by atoms with Gasteiger partial charge in [-0.25, -0.2) is 0 Å². The van der Waals surface area contributed by atoms with Crippen LogP contribution in [0.5, 0.6) is 0 Å². The van der Waals surface area contributed by atoms with Gasteiger partial charge in [0.25, 0.3) is 0 Å². The van der Waals surface area contributed by atoms with Gasteiger partial charge in [-0.05, 0) is 25.8 Å². The van der Waals surface area contributed by atoms with Gasteiger partial charge >= 0.3 is 0 Å². The van der Waals surface area contributed by atoms with Crippen molar-refractivity contribution in [3.8, 4) is 0 Å². The first-order chi connectivity index (χ1) is 7.69. The van der Waals surface area contributed by atoms with Crippen molar-refractivity contribution in [2.75, 3.05) is 26.7 Å². The molecule has 96 valence electrons. The fourth-order valence-electron chi connectivity index (χ4n) is 1.98. The van der Waals surface area contributed by atoms with Crippen molar-refractivity contribution in [2.45, 2.75) is 45.6 Å². The molecule has 0 aliphatic rings. The molecule has 0 radical (unpaired) electrons. The zero-order valence-corrected chi connectivity index (χ0v) is 10.8. The molecular weight excluding hydrogens is 204 g/mol. The predicted molar refractivity (Wildman–Crippen MR) is 66.3 cm³/mol. The number of nitrogens with zero attached hydrogens (tertiary/aromatic N) is 1. The highest BCUT2D eigenvalue weighted by molar-refractivity contribution is 5.75. The number of rotatable bonds is 9. The van der Waals surface area contributed by atoms with E-state index < -0.39 is 0 Å². The lowest BCUT2D eigenvalue weighted by Gasteiger charge is -2.29. The van der Waals surface area contributed by atoms with Crippen LogP contribution >= 0.6 is 0 Å². The molecule has 0 spiro atoms. The molecule has 4 heteroatoms. The number of aliphatic hydroxyl groups excluding tert-OH is 1. The first-order valence-electron chi connectivity index (χ1n) is 6.25. The van der Waals surface area contributed by atoms with E-state index in [1.807, 2.05) is 0 Å². The number of aliphatic hydroxyl groups is 1. The normalized spacial score (nSPS) is 11.1. The molecule has 0 aliphatic carbocycles. The number of amides is 1. The molecule has 0 bridgehead atoms. The zero-order valence-electron chi connectivity index (χ0n) is 10.8. The van der Waals surface area contributed by atoms with Gasteiger partial charge in [0, 0.05) is 26.1 Å². The topological polar surface area (TPSA) is 52.6 Å². The highest BCUT2D eigenvalue weighted by Gasteiger charge is 2.14. The van der Waals surface area contributed by atoms with Gasteiger partial charge in [-0.1, -0.05) is 13.8 Å². The predicted octanol–water partition coefficient (Wildman–Crippen LogP) is 0.995. The Morgan fingerprint density at radius 2 is 1.94 bits per heavy atom. The minimum Gasteiger partial charge on any atom is -0.395 e. The third kappa shape index (κ3) is 6.08. The van der Waals surface area contributed by atoms with E-state index in [1.54, 1.807) is 7.05 Å². The van der Waals surface area contributed by atoms with Gasteiger partial charge in [0.2, 0.25) is 5.91 Å². The van der Waals surface area contributed by atoms with E-state index in [0.717, 1.165) is 25.8 Å². The molecule has 0 aliphatic heterocycles. The van der Waals surface area contributed by atoms with Crippen LogP contribution in [0.25, 0.3) is 0 Å². The summed E-state index contributed by atoms with van der Waals surface area (Å²) in [5.74, 6) is 0.0912. The summed E-state index contributed by atoms with van der Waals surface area (Å²) in [6.45, 7) is 6.12. The maximum atomic E-state index is 11.1. The van der Waals surface area contributed by atoms with Gasteiger partial charge < -0.3 is 10.4 Å². The number of carbonyl (C=O) groups is 1. The molecule has 0 rings (SSSR count). The molecule has 0 aromatic rings. The maximum absolute atomic E-state index is 11.1. The first-order valence-corrected chi connectivity index (χ1v) is 6.25. The Bertz CT molecular complexity index is 182. The van der Waals surface area contributed by atoms with Gasteiger partial charge in [-0.2, -0.15) is 0 Å². The molecule has 0 saturated carbocycles. The van der Waals surface area contributed by atoms with Gasteiger partial charge in [0.15, 0.2) is 0 Å². The SMILES string of the molecule is CCC(CC)N(CCO)CCCC(=O)NC. The van der Waals surface area contributed by atoms with Crippen LogP contribution < -0.4 is 5.32 Å². The van der Waals surface area contributed by atoms with E-state index in [2.05, 4.69) is 24.1 Å². The smallest absolute Gasteiger partial charge is 0.219 e. The summed E-state index contributed by atoms with van der Waals surface area (Å²) in [7, 11) is 1.66. The lowest BCUT2D eigenvalue weighted by molar-refractivity contribution is -0.120. The van der Waals surface area contributed by atoms with E-state index in [0.29, 0.717) is 19.0 Å². The van der Waals surface area contributed by atoms with Crippen molar-refractivity contribution in [2.24, 2.45) is 0 Å². The standard InChI is InChI=1S/C12H26N2O2/c1-4-11(5-2)14(9-10-15)8-6-7-12(16)13-3/h11,15H,4-10H2,1-3H3,(H,13,16). The molecule has 0 aromatic heterocycles. The first kappa shape index (κ1) is 15.4. The van der Waals surface area contributed by atoms with Crippen molar-refractivity contribution in [1.82, 2.24) is 10.2 Å². The van der Waals surface area contributed by atoms with E-state index in [1.165, 1.54) is 0 Å². The quantitative estimate of drug-likeness (QED) is 0.621. The fourth-order valence-corrected chi connectivity index (χ4v) is 1.98. The zero-order chi connectivity index (χ0) is 12.4. The molecule has 0 saturated heterocycles. The molecule has 16 heavy (non-hydrogen) atoms. The van der Waals surface area contributed by atoms with Gasteiger partial charge in [0.1, 0.15) is 0 Å². The molecule has 4 nitrogen and oxygen atoms in total. The molecule has 0 unspecified atom stereocenters. The average molecular weight is 230 g/mol. The minimum atomic E-state index is 0.0912. The Balaban J connectivity index is 3.97. The molecule has 0 atom stereocenters. The number of carbonyl (C=O) groups excluding carboxylic acids is 1. The van der Waals surface area contributed by atoms with E-state index in [4.69, 9.17) is 5.11 Å². The van der Waals surface area contributed by atoms with Crippen LogP contribution in [0, 0.1) is 0 Å². The Morgan fingerprint density at radius 3 is 2.38 bits per heavy atom. The van der Waals surface area contributed by atoms with Gasteiger partial charge in [-0.15, -0.1) is 0 Å². The Hall–Kier alpha value is -0.610. The number of nitrogens with one attached hydrogen (secondary N) is 1. The van der Waals surface area contributed by atoms with Gasteiger partial charge in [-0.3, -0.25) is 9.69 Å². The molecule has 0 heterocycles. The van der Waals surface area contributed by atoms with Gasteiger partial charge in [0.05, 0.1) is 6.61 Å². The molecule has 1 amide bonds. The lowest BCUT2D eigenvalue weighted by Crippen LogP contribution is -2.37. The van der Waals surface area contributed by atoms with E-state index in [9.17, 15) is 4.79 Å². The highest BCUT2D eigenvalue weighted by atomic mass is 16.3. The van der Waals surface area contributed by atoms with E-state index in [-0.39, 0.29) is 12.5 Å². The van der Waals surface area contributed by atoms with Crippen LogP contribution in [-0.4, -0.2) is 48.7 Å². The van der Waals surface area contributed by atoms with E-state index >= 15 is 0 Å². The Kier molecular flexibility index (Phi) is 9.24. The van der Waals surface area contributed by atoms with Crippen LogP contribution in [0.3, 0.4) is 0 Å². The monoisotopic (exact) mass is 230 g/mol. The van der Waals surface area contributed by atoms with Crippen LogP contribution in [-0.2, 0) is 4.79 Å². The maximum Gasteiger partial charge on any atom is 0.219 e. The summed E-state index contributed by atoms with van der Waals surface area (Å²) in [4.78, 5) is 13.4. The van der Waals surface area contributed by atoms with Crippen LogP contribution in [0.4, 0.5) is 0 Å². The Morgan fingerprint density at radius 1 is 1.31 bits per heavy atom. The highest BCUT2D eigenvalue weighted by Crippen LogP contribution is 2.09. The van der Waals surface area contributed by atoms with Crippen LogP contribution in [0.2, 0.25) is 0 Å². The molecule has 0 fully saturated rings. The van der Waals surface area contributed by atoms with Crippen molar-refractivity contribution in [3.05, 3.63) is 0 Å². The second-order valence-electron chi connectivity index (χ2n) is 4.01. The summed E-state index contributed by atoms with van der Waals surface area (Å²) < 4.78 is 0.